The van der Waals surface area contributed by atoms with E-state index >= 15 is 0 Å². The average Bonchev–Trinajstić information content (AvgIpc) is 3.34. The van der Waals surface area contributed by atoms with Gasteiger partial charge in [0.15, 0.2) is 0 Å². The Morgan fingerprint density at radius 1 is 0.867 bits per heavy atom. The van der Waals surface area contributed by atoms with Crippen LogP contribution in [0.4, 0.5) is 4.79 Å². The molecule has 7 heteroatoms. The minimum Gasteiger partial charge on any atom is -0.340 e. The molecule has 0 radical (unpaired) electrons. The lowest BCUT2D eigenvalue weighted by atomic mass is 9.96. The largest absolute Gasteiger partial charge is 0.340 e. The third kappa shape index (κ3) is 4.76. The van der Waals surface area contributed by atoms with Gasteiger partial charge in [0.25, 0.3) is 0 Å². The Kier molecular flexibility index (Phi) is 6.53. The first-order valence-corrected chi connectivity index (χ1v) is 11.2. The van der Waals surface area contributed by atoms with Crippen molar-refractivity contribution in [2.24, 2.45) is 5.92 Å². The lowest BCUT2D eigenvalue weighted by Gasteiger charge is -2.39. The summed E-state index contributed by atoms with van der Waals surface area (Å²) >= 11 is 0. The van der Waals surface area contributed by atoms with E-state index < -0.39 is 0 Å². The van der Waals surface area contributed by atoms with Crippen molar-refractivity contribution in [3.63, 3.8) is 0 Å². The van der Waals surface area contributed by atoms with Gasteiger partial charge in [0.1, 0.15) is 0 Å². The number of piperazine rings is 1. The lowest BCUT2D eigenvalue weighted by Crippen LogP contribution is -2.54. The highest BCUT2D eigenvalue weighted by molar-refractivity contribution is 5.81. The van der Waals surface area contributed by atoms with Crippen LogP contribution in [0.25, 0.3) is 0 Å². The molecule has 3 aliphatic heterocycles. The molecule has 30 heavy (non-hydrogen) atoms. The second-order valence-corrected chi connectivity index (χ2v) is 8.67. The molecule has 3 saturated heterocycles. The molecule has 0 aromatic heterocycles. The molecule has 3 heterocycles. The molecule has 4 rings (SSSR count). The van der Waals surface area contributed by atoms with Crippen molar-refractivity contribution in [2.45, 2.75) is 32.2 Å². The predicted octanol–water partition coefficient (Wildman–Crippen LogP) is 2.13. The van der Waals surface area contributed by atoms with Gasteiger partial charge in [0.05, 0.1) is 17.6 Å². The maximum atomic E-state index is 13.1. The molecule has 3 fully saturated rings. The van der Waals surface area contributed by atoms with Crippen LogP contribution in [-0.4, -0.2) is 83.9 Å². The number of carbonyl (C=O) groups is 2. The number of hydrogen-bond donors (Lipinski definition) is 0. The van der Waals surface area contributed by atoms with E-state index in [9.17, 15) is 9.59 Å². The highest BCUT2D eigenvalue weighted by atomic mass is 16.2. The summed E-state index contributed by atoms with van der Waals surface area (Å²) in [5.41, 5.74) is 1.87. The van der Waals surface area contributed by atoms with Gasteiger partial charge >= 0.3 is 6.03 Å². The van der Waals surface area contributed by atoms with Gasteiger partial charge in [-0.2, -0.15) is 5.26 Å². The molecule has 1 aromatic carbocycles. The highest BCUT2D eigenvalue weighted by Crippen LogP contribution is 2.22. The molecule has 0 N–H and O–H groups in total. The summed E-state index contributed by atoms with van der Waals surface area (Å²) in [6.07, 6.45) is 3.98. The number of rotatable bonds is 3. The molecule has 0 saturated carbocycles. The first-order chi connectivity index (χ1) is 14.6. The quantitative estimate of drug-likeness (QED) is 0.767. The van der Waals surface area contributed by atoms with Gasteiger partial charge in [-0.1, -0.05) is 12.1 Å². The number of amides is 3. The van der Waals surface area contributed by atoms with Crippen LogP contribution in [0.5, 0.6) is 0 Å². The third-order valence-corrected chi connectivity index (χ3v) is 6.59. The Hall–Kier alpha value is -2.59. The van der Waals surface area contributed by atoms with Crippen molar-refractivity contribution >= 4 is 11.9 Å². The van der Waals surface area contributed by atoms with Crippen molar-refractivity contribution in [2.75, 3.05) is 52.4 Å². The van der Waals surface area contributed by atoms with Crippen molar-refractivity contribution in [3.8, 4) is 6.07 Å². The van der Waals surface area contributed by atoms with Crippen LogP contribution < -0.4 is 0 Å². The fraction of sp³-hybridized carbons (Fsp3) is 0.609. The zero-order chi connectivity index (χ0) is 20.9. The standard InChI is InChI=1S/C23H31N5O2/c24-16-19-5-7-20(8-6-19)17-25-12-14-26(15-13-25)22(29)21-4-3-11-28(18-21)23(30)27-9-1-2-10-27/h5-8,21H,1-4,9-15,17-18H2/t21-/m0/s1. The molecule has 1 aromatic rings. The molecule has 3 aliphatic rings. The second kappa shape index (κ2) is 9.48. The number of nitrogens with zero attached hydrogens (tertiary/aromatic N) is 5. The summed E-state index contributed by atoms with van der Waals surface area (Å²) in [5.74, 6) is 0.155. The van der Waals surface area contributed by atoms with E-state index in [-0.39, 0.29) is 17.9 Å². The molecule has 0 bridgehead atoms. The smallest absolute Gasteiger partial charge is 0.320 e. The van der Waals surface area contributed by atoms with Crippen molar-refractivity contribution < 1.29 is 9.59 Å². The van der Waals surface area contributed by atoms with Crippen LogP contribution in [0.15, 0.2) is 24.3 Å². The lowest BCUT2D eigenvalue weighted by molar-refractivity contribution is -0.138. The van der Waals surface area contributed by atoms with Gasteiger partial charge < -0.3 is 14.7 Å². The van der Waals surface area contributed by atoms with Gasteiger partial charge in [-0.3, -0.25) is 9.69 Å². The number of nitriles is 1. The van der Waals surface area contributed by atoms with Gasteiger partial charge in [0, 0.05) is 58.9 Å². The minimum atomic E-state index is -0.0598. The van der Waals surface area contributed by atoms with E-state index in [1.165, 1.54) is 5.56 Å². The number of benzene rings is 1. The molecular formula is C23H31N5O2. The van der Waals surface area contributed by atoms with Gasteiger partial charge in [-0.05, 0) is 43.4 Å². The molecule has 7 nitrogen and oxygen atoms in total. The topological polar surface area (TPSA) is 70.9 Å². The number of piperidine rings is 1. The Bertz CT molecular complexity index is 789. The summed E-state index contributed by atoms with van der Waals surface area (Å²) in [5, 5.41) is 8.92. The monoisotopic (exact) mass is 409 g/mol. The van der Waals surface area contributed by atoms with E-state index in [0.29, 0.717) is 12.1 Å². The minimum absolute atomic E-state index is 0.0598. The third-order valence-electron chi connectivity index (χ3n) is 6.59. The Balaban J connectivity index is 1.26. The van der Waals surface area contributed by atoms with Crippen LogP contribution in [0, 0.1) is 17.2 Å². The number of hydrogen-bond acceptors (Lipinski definition) is 4. The summed E-state index contributed by atoms with van der Waals surface area (Å²) in [4.78, 5) is 34.0. The number of likely N-dealkylation sites (tertiary alicyclic amines) is 2. The molecule has 0 spiro atoms. The van der Waals surface area contributed by atoms with Crippen molar-refractivity contribution in [1.82, 2.24) is 19.6 Å². The summed E-state index contributed by atoms with van der Waals surface area (Å²) in [6.45, 7) is 7.10. The van der Waals surface area contributed by atoms with Gasteiger partial charge in [-0.15, -0.1) is 0 Å². The molecule has 0 unspecified atom stereocenters. The van der Waals surface area contributed by atoms with Crippen LogP contribution in [0.1, 0.15) is 36.8 Å². The fourth-order valence-corrected chi connectivity index (χ4v) is 4.79. The maximum Gasteiger partial charge on any atom is 0.320 e. The zero-order valence-corrected chi connectivity index (χ0v) is 17.6. The van der Waals surface area contributed by atoms with Crippen molar-refractivity contribution in [3.05, 3.63) is 35.4 Å². The summed E-state index contributed by atoms with van der Waals surface area (Å²) in [7, 11) is 0. The molecular weight excluding hydrogens is 378 g/mol. The van der Waals surface area contributed by atoms with Crippen LogP contribution in [-0.2, 0) is 11.3 Å². The average molecular weight is 410 g/mol. The summed E-state index contributed by atoms with van der Waals surface area (Å²) in [6, 6.07) is 9.99. The van der Waals surface area contributed by atoms with Crippen LogP contribution in [0.3, 0.4) is 0 Å². The second-order valence-electron chi connectivity index (χ2n) is 8.67. The van der Waals surface area contributed by atoms with Crippen LogP contribution in [0.2, 0.25) is 0 Å². The fourth-order valence-electron chi connectivity index (χ4n) is 4.79. The normalized spacial score (nSPS) is 22.8. The predicted molar refractivity (Wildman–Crippen MR) is 114 cm³/mol. The first-order valence-electron chi connectivity index (χ1n) is 11.2. The zero-order valence-electron chi connectivity index (χ0n) is 17.6. The van der Waals surface area contributed by atoms with E-state index in [0.717, 1.165) is 78.0 Å². The first kappa shape index (κ1) is 20.7. The maximum absolute atomic E-state index is 13.1. The van der Waals surface area contributed by atoms with E-state index in [4.69, 9.17) is 5.26 Å². The SMILES string of the molecule is N#Cc1ccc(CN2CCN(C(=O)[C@H]3CCCN(C(=O)N4CCCC4)C3)CC2)cc1. The molecule has 1 atom stereocenters. The van der Waals surface area contributed by atoms with Gasteiger partial charge in [0.2, 0.25) is 5.91 Å². The summed E-state index contributed by atoms with van der Waals surface area (Å²) < 4.78 is 0. The Morgan fingerprint density at radius 2 is 1.53 bits per heavy atom. The molecule has 3 amide bonds. The van der Waals surface area contributed by atoms with E-state index in [1.54, 1.807) is 0 Å². The number of carbonyl (C=O) groups excluding carboxylic acids is 2. The van der Waals surface area contributed by atoms with Gasteiger partial charge in [-0.25, -0.2) is 4.79 Å². The number of urea groups is 1. The molecule has 160 valence electrons. The van der Waals surface area contributed by atoms with Crippen molar-refractivity contribution in [1.29, 1.82) is 5.26 Å². The van der Waals surface area contributed by atoms with E-state index in [2.05, 4.69) is 11.0 Å². The van der Waals surface area contributed by atoms with E-state index in [1.807, 2.05) is 39.0 Å². The van der Waals surface area contributed by atoms with Crippen LogP contribution >= 0.6 is 0 Å². The highest BCUT2D eigenvalue weighted by Gasteiger charge is 2.34. The Morgan fingerprint density at radius 3 is 2.20 bits per heavy atom. The molecule has 0 aliphatic carbocycles. The Labute approximate surface area is 178 Å².